The van der Waals surface area contributed by atoms with Crippen LogP contribution in [-0.4, -0.2) is 86.4 Å². The molecule has 0 bridgehead atoms. The maximum atomic E-state index is 13.9. The van der Waals surface area contributed by atoms with Gasteiger partial charge in [0.05, 0.1) is 53.7 Å². The van der Waals surface area contributed by atoms with E-state index in [1.165, 1.54) is 12.0 Å². The number of allylic oxidation sites excluding steroid dienone is 1. The number of rotatable bonds is 12. The number of likely N-dealkylation sites (N-methyl/N-ethyl adjacent to an activating group) is 1. The van der Waals surface area contributed by atoms with Crippen LogP contribution in [0.2, 0.25) is 0 Å². The van der Waals surface area contributed by atoms with Crippen molar-refractivity contribution in [2.45, 2.75) is 122 Å². The Bertz CT molecular complexity index is 2560. The third-order valence-corrected chi connectivity index (χ3v) is 11.0. The molecular weight excluding hydrogens is 845 g/mol. The van der Waals surface area contributed by atoms with E-state index in [9.17, 15) is 9.59 Å². The largest absolute Gasteiger partial charge is 0.456 e. The summed E-state index contributed by atoms with van der Waals surface area (Å²) in [5, 5.41) is 2.89. The number of aromatic amines is 2. The van der Waals surface area contributed by atoms with E-state index in [2.05, 4.69) is 84.1 Å². The molecule has 1 fully saturated rings. The van der Waals surface area contributed by atoms with Crippen molar-refractivity contribution in [3.8, 4) is 22.5 Å². The molecule has 4 N–H and O–H groups in total. The quantitative estimate of drug-likeness (QED) is 0.0625. The second-order valence-corrected chi connectivity index (χ2v) is 15.5. The van der Waals surface area contributed by atoms with Gasteiger partial charge in [0.1, 0.15) is 22.8 Å². The first-order valence-electron chi connectivity index (χ1n) is 25.2. The molecule has 0 radical (unpaired) electrons. The smallest absolute Gasteiger partial charge is 0.237 e. The van der Waals surface area contributed by atoms with Gasteiger partial charge in [-0.15, -0.1) is 6.58 Å². The van der Waals surface area contributed by atoms with Crippen molar-refractivity contribution in [2.75, 3.05) is 45.8 Å². The van der Waals surface area contributed by atoms with E-state index < -0.39 is 0 Å². The van der Waals surface area contributed by atoms with Crippen molar-refractivity contribution >= 4 is 38.6 Å². The second kappa shape index (κ2) is 32.0. The molecule has 7 aromatic rings. The molecule has 4 aromatic carbocycles. The Morgan fingerprint density at radius 1 is 0.838 bits per heavy atom. The third-order valence-electron chi connectivity index (χ3n) is 11.0. The van der Waals surface area contributed by atoms with E-state index >= 15 is 0 Å². The molecule has 0 unspecified atom stereocenters. The van der Waals surface area contributed by atoms with E-state index in [0.29, 0.717) is 47.6 Å². The van der Waals surface area contributed by atoms with Crippen LogP contribution in [0, 0.1) is 6.92 Å². The number of nitrogens with one attached hydrogen (secondary N) is 2. The van der Waals surface area contributed by atoms with E-state index in [0.717, 1.165) is 90.5 Å². The van der Waals surface area contributed by atoms with Crippen LogP contribution < -0.4 is 11.2 Å². The van der Waals surface area contributed by atoms with Gasteiger partial charge in [-0.25, -0.2) is 9.97 Å². The van der Waals surface area contributed by atoms with Gasteiger partial charge in [0.15, 0.2) is 0 Å². The molecule has 1 saturated heterocycles. The summed E-state index contributed by atoms with van der Waals surface area (Å²) in [6.45, 7) is 35.7. The molecule has 3 aromatic heterocycles. The number of carbonyl (C=O) groups is 1. The summed E-state index contributed by atoms with van der Waals surface area (Å²) in [4.78, 5) is 49.7. The standard InChI is InChI=1S/C39H45N7O3.C7H8.C3H6.C2H7N.3C2H6/c1-5-17-46(36(47)24-44(6-2)7-3)23-35-40-21-30(42-35)26-11-14-28-25(19-26)13-16-33-37(28)38(48)29-15-12-27(20-34(29)49-33)31-22-41-39(43-31)32-10-9-18-45(32)8-4;1-7-5-3-2-4-6-7;1-3-2;1-2-3;3*1-2/h11-16,19-22,32H,5-10,17-18,23-24H2,1-4H3,(H,40,42)(H,41,43);2-6H,1H3;3H,1H2,2H3;2-3H2,1H3;3*1-2H3/t32-;;;;;;/m0....../s1. The zero-order valence-corrected chi connectivity index (χ0v) is 43.8. The summed E-state index contributed by atoms with van der Waals surface area (Å²) in [5.74, 6) is 1.85. The SMILES string of the molecule is C=CC.CC.CC.CC.CCCN(Cc1ncc(-c2ccc3c(ccc4oc5cc(-c6cnc([C@@H]7CCCN7CC)[nH]6)ccc5c(=O)c43)c2)[nH]1)C(=O)CN(CC)CC.CCN.Cc1ccccc1. The summed E-state index contributed by atoms with van der Waals surface area (Å²) in [6.07, 6.45) is 8.61. The molecule has 1 atom stereocenters. The highest BCUT2D eigenvalue weighted by Gasteiger charge is 2.27. The number of carbonyl (C=O) groups excluding carboxylic acids is 1. The van der Waals surface area contributed by atoms with E-state index in [4.69, 9.17) is 15.1 Å². The van der Waals surface area contributed by atoms with Crippen molar-refractivity contribution in [2.24, 2.45) is 5.73 Å². The van der Waals surface area contributed by atoms with Crippen LogP contribution in [0.15, 0.2) is 113 Å². The first-order valence-corrected chi connectivity index (χ1v) is 25.2. The number of hydrogen-bond acceptors (Lipinski definition) is 8. The van der Waals surface area contributed by atoms with Crippen molar-refractivity contribution in [3.05, 3.63) is 131 Å². The number of H-pyrrole nitrogens is 2. The number of benzene rings is 4. The highest BCUT2D eigenvalue weighted by molar-refractivity contribution is 6.09. The van der Waals surface area contributed by atoms with Crippen molar-refractivity contribution in [3.63, 3.8) is 0 Å². The highest BCUT2D eigenvalue weighted by Crippen LogP contribution is 2.33. The second-order valence-electron chi connectivity index (χ2n) is 15.5. The maximum Gasteiger partial charge on any atom is 0.237 e. The summed E-state index contributed by atoms with van der Waals surface area (Å²) in [5.41, 5.74) is 10.9. The van der Waals surface area contributed by atoms with Crippen molar-refractivity contribution in [1.29, 1.82) is 0 Å². The number of aromatic nitrogens is 4. The Kier molecular flexibility index (Phi) is 27.4. The van der Waals surface area contributed by atoms with E-state index in [1.54, 1.807) is 6.08 Å². The van der Waals surface area contributed by atoms with Crippen LogP contribution in [-0.2, 0) is 11.3 Å². The van der Waals surface area contributed by atoms with Crippen LogP contribution in [0.1, 0.15) is 126 Å². The molecule has 370 valence electrons. The topological polar surface area (TPSA) is 140 Å². The summed E-state index contributed by atoms with van der Waals surface area (Å²) in [7, 11) is 0. The minimum atomic E-state index is -0.0507. The fraction of sp³-hybridized carbons (Fsp3) is 0.439. The molecule has 11 heteroatoms. The van der Waals surface area contributed by atoms with Crippen LogP contribution in [0.3, 0.4) is 0 Å². The number of amides is 1. The fourth-order valence-electron chi connectivity index (χ4n) is 7.78. The minimum absolute atomic E-state index is 0.0507. The molecule has 68 heavy (non-hydrogen) atoms. The molecule has 1 amide bonds. The summed E-state index contributed by atoms with van der Waals surface area (Å²) >= 11 is 0. The normalized spacial score (nSPS) is 12.7. The molecule has 1 aliphatic rings. The van der Waals surface area contributed by atoms with Gasteiger partial charge in [0.2, 0.25) is 11.3 Å². The highest BCUT2D eigenvalue weighted by atomic mass is 16.3. The van der Waals surface area contributed by atoms with Gasteiger partial charge < -0.3 is 25.0 Å². The average Bonchev–Trinajstić information content (AvgIpc) is 4.18. The van der Waals surface area contributed by atoms with Crippen LogP contribution in [0.4, 0.5) is 0 Å². The Hall–Kier alpha value is -5.88. The predicted octanol–water partition coefficient (Wildman–Crippen LogP) is 13.3. The summed E-state index contributed by atoms with van der Waals surface area (Å²) in [6, 6.07) is 26.3. The lowest BCUT2D eigenvalue weighted by atomic mass is 10.0. The number of aryl methyl sites for hydroxylation is 1. The number of hydrogen-bond donors (Lipinski definition) is 3. The molecule has 11 nitrogen and oxygen atoms in total. The van der Waals surface area contributed by atoms with Gasteiger partial charge >= 0.3 is 0 Å². The lowest BCUT2D eigenvalue weighted by Gasteiger charge is -2.25. The zero-order valence-electron chi connectivity index (χ0n) is 43.8. The molecule has 1 aliphatic heterocycles. The lowest BCUT2D eigenvalue weighted by Crippen LogP contribution is -2.40. The maximum absolute atomic E-state index is 13.9. The van der Waals surface area contributed by atoms with Crippen LogP contribution in [0.5, 0.6) is 0 Å². The Labute approximate surface area is 408 Å². The zero-order chi connectivity index (χ0) is 50.6. The minimum Gasteiger partial charge on any atom is -0.456 e. The number of imidazole rings is 2. The number of nitrogens with zero attached hydrogens (tertiary/aromatic N) is 5. The average molecular weight is 929 g/mol. The van der Waals surface area contributed by atoms with Crippen LogP contribution >= 0.6 is 0 Å². The number of nitrogens with two attached hydrogens (primary N) is 1. The first-order chi connectivity index (χ1) is 33.1. The predicted molar refractivity (Wildman–Crippen MR) is 291 cm³/mol. The molecule has 0 spiro atoms. The van der Waals surface area contributed by atoms with Crippen LogP contribution in [0.25, 0.3) is 55.2 Å². The molecule has 8 rings (SSSR count). The van der Waals surface area contributed by atoms with Gasteiger partial charge in [-0.3, -0.25) is 19.4 Å². The molecule has 4 heterocycles. The van der Waals surface area contributed by atoms with Gasteiger partial charge in [-0.1, -0.05) is 142 Å². The van der Waals surface area contributed by atoms with Gasteiger partial charge in [-0.2, -0.15) is 0 Å². The Balaban J connectivity index is 0.000000717. The Morgan fingerprint density at radius 2 is 1.44 bits per heavy atom. The summed E-state index contributed by atoms with van der Waals surface area (Å²) < 4.78 is 6.38. The van der Waals surface area contributed by atoms with Crippen molar-refractivity contribution in [1.82, 2.24) is 34.6 Å². The van der Waals surface area contributed by atoms with Gasteiger partial charge in [0, 0.05) is 17.7 Å². The number of likely N-dealkylation sites (tertiary alicyclic amines) is 1. The lowest BCUT2D eigenvalue weighted by molar-refractivity contribution is -0.133. The first kappa shape index (κ1) is 58.2. The van der Waals surface area contributed by atoms with Gasteiger partial charge in [0.25, 0.3) is 0 Å². The van der Waals surface area contributed by atoms with Gasteiger partial charge in [-0.05, 0) is 101 Å². The van der Waals surface area contributed by atoms with E-state index in [1.807, 2.05) is 133 Å². The monoisotopic (exact) mass is 929 g/mol. The third kappa shape index (κ3) is 16.1. The molecule has 0 saturated carbocycles. The number of fused-ring (bicyclic) bond motifs is 4. The fourth-order valence-corrected chi connectivity index (χ4v) is 7.78. The molecular formula is C57H84N8O3. The van der Waals surface area contributed by atoms with Crippen molar-refractivity contribution < 1.29 is 9.21 Å². The molecule has 0 aliphatic carbocycles. The Morgan fingerprint density at radius 3 is 2.03 bits per heavy atom. The van der Waals surface area contributed by atoms with E-state index in [-0.39, 0.29) is 11.3 Å².